The van der Waals surface area contributed by atoms with Crippen LogP contribution < -0.4 is 20.8 Å². The van der Waals surface area contributed by atoms with Crippen molar-refractivity contribution in [1.82, 2.24) is 10.3 Å². The van der Waals surface area contributed by atoms with Gasteiger partial charge in [0, 0.05) is 17.7 Å². The number of rotatable bonds is 4. The van der Waals surface area contributed by atoms with Gasteiger partial charge in [-0.1, -0.05) is 0 Å². The summed E-state index contributed by atoms with van der Waals surface area (Å²) in [6.45, 7) is 7.97. The van der Waals surface area contributed by atoms with E-state index in [0.717, 1.165) is 18.3 Å². The predicted octanol–water partition coefficient (Wildman–Crippen LogP) is 1.67. The summed E-state index contributed by atoms with van der Waals surface area (Å²) in [5, 5.41) is 5.66. The van der Waals surface area contributed by atoms with Gasteiger partial charge in [-0.05, 0) is 46.6 Å². The molecule has 0 bridgehead atoms. The Morgan fingerprint density at radius 1 is 1.29 bits per heavy atom. The first-order valence-corrected chi connectivity index (χ1v) is 8.19. The molecule has 2 heterocycles. The molecule has 0 radical (unpaired) electrons. The molecule has 1 aromatic heterocycles. The van der Waals surface area contributed by atoms with Crippen LogP contribution in [0.2, 0.25) is 0 Å². The van der Waals surface area contributed by atoms with Crippen molar-refractivity contribution in [2.24, 2.45) is 0 Å². The molecule has 1 aliphatic heterocycles. The normalized spacial score (nSPS) is 21.5. The van der Waals surface area contributed by atoms with Crippen LogP contribution in [0.1, 0.15) is 40.5 Å². The van der Waals surface area contributed by atoms with Crippen LogP contribution in [0.25, 0.3) is 0 Å². The van der Waals surface area contributed by atoms with Crippen LogP contribution in [0.15, 0.2) is 12.3 Å². The monoisotopic (exact) mass is 333 g/mol. The highest BCUT2D eigenvalue weighted by atomic mass is 16.7. The molecule has 2 fully saturated rings. The van der Waals surface area contributed by atoms with Gasteiger partial charge in [0.2, 0.25) is 5.88 Å². The van der Waals surface area contributed by atoms with E-state index in [1.165, 1.54) is 7.11 Å². The molecule has 7 nitrogen and oxygen atoms in total. The first kappa shape index (κ1) is 17.0. The maximum Gasteiger partial charge on any atom is 0.496 e. The van der Waals surface area contributed by atoms with Gasteiger partial charge < -0.3 is 24.7 Å². The Labute approximate surface area is 142 Å². The molecule has 2 N–H and O–H groups in total. The number of methoxy groups -OCH3 is 1. The molecule has 8 heteroatoms. The van der Waals surface area contributed by atoms with Gasteiger partial charge >= 0.3 is 13.1 Å². The van der Waals surface area contributed by atoms with E-state index in [1.807, 2.05) is 27.7 Å². The van der Waals surface area contributed by atoms with Gasteiger partial charge in [0.1, 0.15) is 5.69 Å². The average molecular weight is 333 g/mol. The number of hydrogen-bond donors (Lipinski definition) is 2. The molecule has 0 spiro atoms. The summed E-state index contributed by atoms with van der Waals surface area (Å²) >= 11 is 0. The topological polar surface area (TPSA) is 81.7 Å². The van der Waals surface area contributed by atoms with E-state index in [9.17, 15) is 4.79 Å². The van der Waals surface area contributed by atoms with Crippen LogP contribution in [0.3, 0.4) is 0 Å². The highest BCUT2D eigenvalue weighted by Gasteiger charge is 2.52. The van der Waals surface area contributed by atoms with E-state index in [1.54, 1.807) is 12.3 Å². The number of nitrogens with zero attached hydrogens (tertiary/aromatic N) is 1. The van der Waals surface area contributed by atoms with Gasteiger partial charge in [0.15, 0.2) is 0 Å². The molecule has 2 amide bonds. The number of nitrogens with one attached hydrogen (secondary N) is 2. The number of carbonyl (C=O) groups is 1. The molecule has 1 saturated carbocycles. The number of anilines is 1. The summed E-state index contributed by atoms with van der Waals surface area (Å²) in [5.74, 6) is 0.348. The second-order valence-corrected chi connectivity index (χ2v) is 7.29. The Morgan fingerprint density at radius 3 is 2.46 bits per heavy atom. The molecular weight excluding hydrogens is 309 g/mol. The van der Waals surface area contributed by atoms with Crippen molar-refractivity contribution in [2.75, 3.05) is 12.4 Å². The lowest BCUT2D eigenvalue weighted by Gasteiger charge is -2.32. The highest BCUT2D eigenvalue weighted by Crippen LogP contribution is 2.36. The van der Waals surface area contributed by atoms with Crippen LogP contribution in [0.4, 0.5) is 10.5 Å². The van der Waals surface area contributed by atoms with Gasteiger partial charge in [0.25, 0.3) is 0 Å². The first-order chi connectivity index (χ1) is 11.2. The van der Waals surface area contributed by atoms with Gasteiger partial charge in [-0.25, -0.2) is 9.78 Å². The quantitative estimate of drug-likeness (QED) is 0.819. The summed E-state index contributed by atoms with van der Waals surface area (Å²) in [4.78, 5) is 16.3. The molecule has 1 saturated heterocycles. The van der Waals surface area contributed by atoms with Crippen molar-refractivity contribution >= 4 is 24.3 Å². The van der Waals surface area contributed by atoms with Crippen molar-refractivity contribution in [3.63, 3.8) is 0 Å². The number of hydrogen-bond acceptors (Lipinski definition) is 5. The third-order valence-electron chi connectivity index (χ3n) is 4.75. The van der Waals surface area contributed by atoms with Crippen molar-refractivity contribution in [3.8, 4) is 5.88 Å². The van der Waals surface area contributed by atoms with Crippen molar-refractivity contribution < 1.29 is 18.8 Å². The van der Waals surface area contributed by atoms with Crippen LogP contribution in [-0.2, 0) is 9.31 Å². The molecule has 0 atom stereocenters. The third kappa shape index (κ3) is 3.34. The molecule has 130 valence electrons. The molecule has 0 unspecified atom stereocenters. The maximum atomic E-state index is 12.0. The number of carbonyl (C=O) groups excluding carboxylic acids is 1. The van der Waals surface area contributed by atoms with Gasteiger partial charge in [0.05, 0.1) is 18.3 Å². The smallest absolute Gasteiger partial charge is 0.480 e. The molecule has 1 aliphatic carbocycles. The zero-order valence-corrected chi connectivity index (χ0v) is 14.8. The minimum Gasteiger partial charge on any atom is -0.480 e. The van der Waals surface area contributed by atoms with Gasteiger partial charge in [-0.3, -0.25) is 0 Å². The second kappa shape index (κ2) is 5.93. The number of aromatic nitrogens is 1. The van der Waals surface area contributed by atoms with E-state index in [4.69, 9.17) is 14.0 Å². The predicted molar refractivity (Wildman–Crippen MR) is 91.7 cm³/mol. The molecule has 3 rings (SSSR count). The third-order valence-corrected chi connectivity index (χ3v) is 4.75. The molecule has 1 aromatic rings. The van der Waals surface area contributed by atoms with Crippen molar-refractivity contribution in [1.29, 1.82) is 0 Å². The Hall–Kier alpha value is -1.80. The second-order valence-electron chi connectivity index (χ2n) is 7.29. The standard InChI is InChI=1S/C16H24BN3O4/c1-15(2)16(3,4)24-17(23-15)10-8-12(13(22-5)18-9-10)20-14(21)19-11-6-7-11/h8-9,11H,6-7H2,1-5H3,(H2,19,20,21). The lowest BCUT2D eigenvalue weighted by Crippen LogP contribution is -2.41. The average Bonchev–Trinajstić information content (AvgIpc) is 3.25. The zero-order chi connectivity index (χ0) is 17.5. The fraction of sp³-hybridized carbons (Fsp3) is 0.625. The molecular formula is C16H24BN3O4. The van der Waals surface area contributed by atoms with E-state index in [0.29, 0.717) is 11.6 Å². The van der Waals surface area contributed by atoms with Gasteiger partial charge in [-0.2, -0.15) is 0 Å². The lowest BCUT2D eigenvalue weighted by atomic mass is 9.80. The summed E-state index contributed by atoms with van der Waals surface area (Å²) in [6.07, 6.45) is 3.69. The van der Waals surface area contributed by atoms with Crippen LogP contribution >= 0.6 is 0 Å². The Bertz CT molecular complexity index is 630. The number of ether oxygens (including phenoxy) is 1. The Balaban J connectivity index is 1.79. The first-order valence-electron chi connectivity index (χ1n) is 8.19. The minimum atomic E-state index is -0.541. The Morgan fingerprint density at radius 2 is 1.92 bits per heavy atom. The van der Waals surface area contributed by atoms with E-state index in [-0.39, 0.29) is 12.1 Å². The number of amides is 2. The van der Waals surface area contributed by atoms with Crippen molar-refractivity contribution in [2.45, 2.75) is 57.8 Å². The summed E-state index contributed by atoms with van der Waals surface area (Å²) in [5.41, 5.74) is 0.349. The maximum absolute atomic E-state index is 12.0. The largest absolute Gasteiger partial charge is 0.496 e. The lowest BCUT2D eigenvalue weighted by molar-refractivity contribution is 0.00578. The molecule has 0 aromatic carbocycles. The van der Waals surface area contributed by atoms with E-state index < -0.39 is 18.3 Å². The van der Waals surface area contributed by atoms with Crippen LogP contribution in [-0.4, -0.2) is 42.5 Å². The van der Waals surface area contributed by atoms with E-state index in [2.05, 4.69) is 15.6 Å². The zero-order valence-electron chi connectivity index (χ0n) is 14.8. The fourth-order valence-electron chi connectivity index (χ4n) is 2.40. The molecule has 24 heavy (non-hydrogen) atoms. The van der Waals surface area contributed by atoms with E-state index >= 15 is 0 Å². The highest BCUT2D eigenvalue weighted by molar-refractivity contribution is 6.62. The summed E-state index contributed by atoms with van der Waals surface area (Å²) < 4.78 is 17.3. The molecule has 2 aliphatic rings. The van der Waals surface area contributed by atoms with Crippen LogP contribution in [0, 0.1) is 0 Å². The van der Waals surface area contributed by atoms with Crippen molar-refractivity contribution in [3.05, 3.63) is 12.3 Å². The van der Waals surface area contributed by atoms with Gasteiger partial charge in [-0.15, -0.1) is 0 Å². The minimum absolute atomic E-state index is 0.260. The number of urea groups is 1. The van der Waals surface area contributed by atoms with Crippen LogP contribution in [0.5, 0.6) is 5.88 Å². The Kier molecular flexibility index (Phi) is 4.21. The summed E-state index contributed by atoms with van der Waals surface area (Å²) in [6, 6.07) is 1.79. The summed E-state index contributed by atoms with van der Waals surface area (Å²) in [7, 11) is 0.973. The fourth-order valence-corrected chi connectivity index (χ4v) is 2.40. The number of pyridine rings is 1. The SMILES string of the molecule is COc1ncc(B2OC(C)(C)C(C)(C)O2)cc1NC(=O)NC1CC1.